The van der Waals surface area contributed by atoms with Gasteiger partial charge in [0.05, 0.1) is 13.1 Å². The molecular weight excluding hydrogens is 392 g/mol. The summed E-state index contributed by atoms with van der Waals surface area (Å²) < 4.78 is 2.04. The second-order valence-electron chi connectivity index (χ2n) is 7.87. The van der Waals surface area contributed by atoms with Crippen LogP contribution < -0.4 is 10.6 Å². The lowest BCUT2D eigenvalue weighted by molar-refractivity contribution is -0.125. The summed E-state index contributed by atoms with van der Waals surface area (Å²) in [6.45, 7) is 3.94. The van der Waals surface area contributed by atoms with E-state index >= 15 is 0 Å². The number of nitrogens with one attached hydrogen (secondary N) is 2. The van der Waals surface area contributed by atoms with E-state index in [1.807, 2.05) is 60.0 Å². The Morgan fingerprint density at radius 1 is 1.03 bits per heavy atom. The largest absolute Gasteiger partial charge is 0.346 e. The highest BCUT2D eigenvalue weighted by atomic mass is 16.2. The van der Waals surface area contributed by atoms with Crippen molar-refractivity contribution in [2.24, 2.45) is 0 Å². The number of amides is 2. The van der Waals surface area contributed by atoms with Crippen LogP contribution in [-0.4, -0.2) is 57.5 Å². The lowest BCUT2D eigenvalue weighted by Gasteiger charge is -2.30. The van der Waals surface area contributed by atoms with Crippen LogP contribution in [0.3, 0.4) is 0 Å². The van der Waals surface area contributed by atoms with E-state index in [9.17, 15) is 9.59 Å². The molecule has 1 saturated heterocycles. The molecule has 8 nitrogen and oxygen atoms in total. The first-order valence-electron chi connectivity index (χ1n) is 10.8. The van der Waals surface area contributed by atoms with E-state index in [1.165, 1.54) is 0 Å². The van der Waals surface area contributed by atoms with E-state index in [4.69, 9.17) is 0 Å². The van der Waals surface area contributed by atoms with Crippen molar-refractivity contribution in [3.8, 4) is 0 Å². The predicted molar refractivity (Wildman–Crippen MR) is 119 cm³/mol. The van der Waals surface area contributed by atoms with Crippen LogP contribution in [0.2, 0.25) is 0 Å². The summed E-state index contributed by atoms with van der Waals surface area (Å²) in [5.74, 6) is 0.974. The third-order valence-electron chi connectivity index (χ3n) is 5.78. The Labute approximate surface area is 181 Å². The molecule has 2 aromatic heterocycles. The van der Waals surface area contributed by atoms with Gasteiger partial charge in [-0.05, 0) is 56.1 Å². The Bertz CT molecular complexity index is 1050. The van der Waals surface area contributed by atoms with Gasteiger partial charge in [-0.2, -0.15) is 0 Å². The van der Waals surface area contributed by atoms with Gasteiger partial charge in [0.2, 0.25) is 11.8 Å². The van der Waals surface area contributed by atoms with Crippen LogP contribution in [0.1, 0.15) is 37.1 Å². The highest BCUT2D eigenvalue weighted by Crippen LogP contribution is 2.26. The molecule has 1 fully saturated rings. The van der Waals surface area contributed by atoms with Crippen LogP contribution in [0.4, 0.5) is 5.69 Å². The van der Waals surface area contributed by atoms with Crippen LogP contribution in [0.15, 0.2) is 48.7 Å². The zero-order valence-corrected chi connectivity index (χ0v) is 17.8. The minimum absolute atomic E-state index is 0.0287. The van der Waals surface area contributed by atoms with Crippen molar-refractivity contribution >= 4 is 23.1 Å². The number of hydrogen-bond acceptors (Lipinski definition) is 5. The normalized spacial score (nSPS) is 15.1. The number of benzene rings is 1. The molecule has 31 heavy (non-hydrogen) atoms. The van der Waals surface area contributed by atoms with E-state index in [0.717, 1.165) is 55.1 Å². The number of aryl methyl sites for hydroxylation is 1. The fourth-order valence-corrected chi connectivity index (χ4v) is 4.07. The average molecular weight is 421 g/mol. The minimum Gasteiger partial charge on any atom is -0.346 e. The maximum absolute atomic E-state index is 12.3. The number of aromatic nitrogens is 3. The molecule has 2 N–H and O–H groups in total. The molecule has 4 rings (SSSR count). The Kier molecular flexibility index (Phi) is 6.57. The zero-order valence-electron chi connectivity index (χ0n) is 17.8. The summed E-state index contributed by atoms with van der Waals surface area (Å²) in [5, 5.41) is 14.2. The van der Waals surface area contributed by atoms with Crippen molar-refractivity contribution in [1.82, 2.24) is 24.8 Å². The summed E-state index contributed by atoms with van der Waals surface area (Å²) >= 11 is 0. The Morgan fingerprint density at radius 2 is 1.81 bits per heavy atom. The second-order valence-corrected chi connectivity index (χ2v) is 7.87. The topological polar surface area (TPSA) is 91.6 Å². The summed E-state index contributed by atoms with van der Waals surface area (Å²) in [4.78, 5) is 26.6. The van der Waals surface area contributed by atoms with Gasteiger partial charge in [0, 0.05) is 17.8 Å². The Balaban J connectivity index is 1.22. The van der Waals surface area contributed by atoms with Crippen molar-refractivity contribution in [3.63, 3.8) is 0 Å². The van der Waals surface area contributed by atoms with Gasteiger partial charge in [0.15, 0.2) is 5.65 Å². The highest BCUT2D eigenvalue weighted by molar-refractivity contribution is 5.95. The second kappa shape index (κ2) is 9.70. The molecule has 8 heteroatoms. The van der Waals surface area contributed by atoms with Crippen LogP contribution in [-0.2, 0) is 16.0 Å². The van der Waals surface area contributed by atoms with Crippen molar-refractivity contribution in [2.45, 2.75) is 32.1 Å². The van der Waals surface area contributed by atoms with Crippen LogP contribution >= 0.6 is 0 Å². The quantitative estimate of drug-likeness (QED) is 0.612. The number of likely N-dealkylation sites (tertiary alicyclic amines) is 1. The SMILES string of the molecule is CCc1ccccc1NC(=O)CNC(=O)CN1CCC(c2nnc3ccccn23)CC1. The first-order valence-corrected chi connectivity index (χ1v) is 10.8. The zero-order chi connectivity index (χ0) is 21.6. The monoisotopic (exact) mass is 420 g/mol. The lowest BCUT2D eigenvalue weighted by atomic mass is 9.96. The predicted octanol–water partition coefficient (Wildman–Crippen LogP) is 2.23. The standard InChI is InChI=1S/C23H28N6O2/c1-2-17-7-3-4-8-19(17)25-21(30)15-24-22(31)16-28-13-10-18(11-14-28)23-27-26-20-9-5-6-12-29(20)23/h3-9,12,18H,2,10-11,13-16H2,1H3,(H,24,31)(H,25,30). The van der Waals surface area contributed by atoms with E-state index < -0.39 is 0 Å². The van der Waals surface area contributed by atoms with Crippen LogP contribution in [0.5, 0.6) is 0 Å². The minimum atomic E-state index is -0.216. The van der Waals surface area contributed by atoms with Gasteiger partial charge in [-0.15, -0.1) is 10.2 Å². The Morgan fingerprint density at radius 3 is 2.61 bits per heavy atom. The fourth-order valence-electron chi connectivity index (χ4n) is 4.07. The molecule has 0 saturated carbocycles. The number of anilines is 1. The van der Waals surface area contributed by atoms with Crippen molar-refractivity contribution in [1.29, 1.82) is 0 Å². The molecule has 0 unspecified atom stereocenters. The van der Waals surface area contributed by atoms with Crippen LogP contribution in [0, 0.1) is 0 Å². The van der Waals surface area contributed by atoms with Gasteiger partial charge < -0.3 is 10.6 Å². The molecule has 1 aliphatic rings. The lowest BCUT2D eigenvalue weighted by Crippen LogP contribution is -2.43. The summed E-state index contributed by atoms with van der Waals surface area (Å²) in [7, 11) is 0. The number of carbonyl (C=O) groups is 2. The van der Waals surface area contributed by atoms with Crippen LogP contribution in [0.25, 0.3) is 5.65 Å². The third-order valence-corrected chi connectivity index (χ3v) is 5.78. The van der Waals surface area contributed by atoms with Crippen molar-refractivity contribution in [2.75, 3.05) is 31.5 Å². The molecule has 0 aliphatic carbocycles. The maximum atomic E-state index is 12.3. The van der Waals surface area contributed by atoms with E-state index in [1.54, 1.807) is 0 Å². The molecule has 1 aromatic carbocycles. The molecule has 0 atom stereocenters. The number of piperidine rings is 1. The van der Waals surface area contributed by atoms with Gasteiger partial charge in [-0.1, -0.05) is 31.2 Å². The number of nitrogens with zero attached hydrogens (tertiary/aromatic N) is 4. The number of para-hydroxylation sites is 1. The van der Waals surface area contributed by atoms with Gasteiger partial charge in [0.1, 0.15) is 5.82 Å². The third kappa shape index (κ3) is 5.08. The first-order chi connectivity index (χ1) is 15.1. The smallest absolute Gasteiger partial charge is 0.243 e. The summed E-state index contributed by atoms with van der Waals surface area (Å²) in [6, 6.07) is 13.6. The molecule has 3 heterocycles. The number of fused-ring (bicyclic) bond motifs is 1. The van der Waals surface area contributed by atoms with E-state index in [0.29, 0.717) is 12.5 Å². The molecule has 3 aromatic rings. The average Bonchev–Trinajstić information content (AvgIpc) is 3.23. The molecule has 2 amide bonds. The maximum Gasteiger partial charge on any atom is 0.243 e. The van der Waals surface area contributed by atoms with Crippen molar-refractivity contribution < 1.29 is 9.59 Å². The van der Waals surface area contributed by atoms with Gasteiger partial charge in [-0.3, -0.25) is 18.9 Å². The van der Waals surface area contributed by atoms with Gasteiger partial charge >= 0.3 is 0 Å². The van der Waals surface area contributed by atoms with E-state index in [2.05, 4.69) is 25.7 Å². The molecule has 162 valence electrons. The first kappa shape index (κ1) is 21.0. The van der Waals surface area contributed by atoms with Crippen molar-refractivity contribution in [3.05, 3.63) is 60.0 Å². The molecule has 0 spiro atoms. The summed E-state index contributed by atoms with van der Waals surface area (Å²) in [6.07, 6.45) is 4.69. The van der Waals surface area contributed by atoms with E-state index in [-0.39, 0.29) is 18.4 Å². The Hall–Kier alpha value is -3.26. The number of carbonyl (C=O) groups excluding carboxylic acids is 2. The molecule has 1 aliphatic heterocycles. The number of rotatable bonds is 7. The number of pyridine rings is 1. The fraction of sp³-hybridized carbons (Fsp3) is 0.391. The molecule has 0 radical (unpaired) electrons. The number of hydrogen-bond donors (Lipinski definition) is 2. The molecular formula is C23H28N6O2. The summed E-state index contributed by atoms with van der Waals surface area (Å²) in [5.41, 5.74) is 2.73. The molecule has 0 bridgehead atoms. The van der Waals surface area contributed by atoms with Gasteiger partial charge in [-0.25, -0.2) is 0 Å². The van der Waals surface area contributed by atoms with Gasteiger partial charge in [0.25, 0.3) is 0 Å². The highest BCUT2D eigenvalue weighted by Gasteiger charge is 2.25.